The maximum Gasteiger partial charge on any atom is 0.213 e. The standard InChI is InChI=1S/C21H33ClN4O3/c1-16-12-19(28-2)24-13-18(16)21(6-8-23-9-7-21)20(22)25-29-15-17(27)14-26-10-4-3-5-11-26/h12-13,17,23,27H,3-11,14-15H2,1-2H3/b25-20-. The van der Waals surface area contributed by atoms with Crippen molar-refractivity contribution in [2.75, 3.05) is 46.4 Å². The van der Waals surface area contributed by atoms with Crippen molar-refractivity contribution < 1.29 is 14.7 Å². The largest absolute Gasteiger partial charge is 0.481 e. The molecule has 1 unspecified atom stereocenters. The van der Waals surface area contributed by atoms with E-state index < -0.39 is 11.5 Å². The van der Waals surface area contributed by atoms with Crippen molar-refractivity contribution in [3.8, 4) is 5.88 Å². The zero-order valence-corrected chi connectivity index (χ0v) is 18.2. The monoisotopic (exact) mass is 424 g/mol. The number of hydrogen-bond acceptors (Lipinski definition) is 7. The minimum atomic E-state index is -0.574. The zero-order chi connectivity index (χ0) is 20.7. The van der Waals surface area contributed by atoms with E-state index in [1.165, 1.54) is 19.3 Å². The van der Waals surface area contributed by atoms with Gasteiger partial charge in [0, 0.05) is 18.8 Å². The number of rotatable bonds is 8. The molecule has 3 rings (SSSR count). The molecule has 1 aromatic rings. The minimum Gasteiger partial charge on any atom is -0.481 e. The summed E-state index contributed by atoms with van der Waals surface area (Å²) in [6.07, 6.45) is 6.55. The van der Waals surface area contributed by atoms with Crippen LogP contribution in [0.1, 0.15) is 43.2 Å². The predicted octanol–water partition coefficient (Wildman–Crippen LogP) is 2.44. The second kappa shape index (κ2) is 10.6. The maximum atomic E-state index is 10.3. The van der Waals surface area contributed by atoms with Crippen LogP contribution in [0.3, 0.4) is 0 Å². The summed E-state index contributed by atoms with van der Waals surface area (Å²) < 4.78 is 5.24. The van der Waals surface area contributed by atoms with Gasteiger partial charge in [-0.3, -0.25) is 0 Å². The topological polar surface area (TPSA) is 79.2 Å². The van der Waals surface area contributed by atoms with Crippen LogP contribution < -0.4 is 10.1 Å². The van der Waals surface area contributed by atoms with Gasteiger partial charge < -0.3 is 24.9 Å². The SMILES string of the molecule is COc1cc(C)c(C2(/C(Cl)=N/OCC(O)CN3CCCCC3)CCNCC2)cn1. The lowest BCUT2D eigenvalue weighted by Gasteiger charge is -2.37. The third-order valence-electron chi connectivity index (χ3n) is 5.99. The van der Waals surface area contributed by atoms with Crippen molar-refractivity contribution in [1.29, 1.82) is 0 Å². The number of nitrogens with one attached hydrogen (secondary N) is 1. The zero-order valence-electron chi connectivity index (χ0n) is 17.5. The van der Waals surface area contributed by atoms with E-state index in [9.17, 15) is 5.11 Å². The third kappa shape index (κ3) is 5.60. The van der Waals surface area contributed by atoms with Crippen LogP contribution in [0.4, 0.5) is 0 Å². The number of aliphatic hydroxyl groups excluding tert-OH is 1. The molecule has 7 nitrogen and oxygen atoms in total. The Morgan fingerprint density at radius 1 is 1.34 bits per heavy atom. The van der Waals surface area contributed by atoms with Gasteiger partial charge in [0.05, 0.1) is 12.5 Å². The van der Waals surface area contributed by atoms with Gasteiger partial charge in [-0.05, 0) is 69.9 Å². The fraction of sp³-hybridized carbons (Fsp3) is 0.714. The fourth-order valence-electron chi connectivity index (χ4n) is 4.34. The quantitative estimate of drug-likeness (QED) is 0.493. The predicted molar refractivity (Wildman–Crippen MR) is 115 cm³/mol. The summed E-state index contributed by atoms with van der Waals surface area (Å²) in [7, 11) is 1.61. The highest BCUT2D eigenvalue weighted by Gasteiger charge is 2.40. The number of nitrogens with zero attached hydrogens (tertiary/aromatic N) is 3. The van der Waals surface area contributed by atoms with Gasteiger partial charge in [0.15, 0.2) is 5.17 Å². The molecule has 2 aliphatic heterocycles. The molecule has 162 valence electrons. The Kier molecular flexibility index (Phi) is 8.12. The van der Waals surface area contributed by atoms with Crippen LogP contribution in [-0.4, -0.2) is 72.7 Å². The Hall–Kier alpha value is -1.41. The van der Waals surface area contributed by atoms with Crippen LogP contribution in [-0.2, 0) is 10.3 Å². The number of piperidine rings is 2. The molecule has 2 fully saturated rings. The molecular weight excluding hydrogens is 392 g/mol. The van der Waals surface area contributed by atoms with Crippen molar-refractivity contribution >= 4 is 16.8 Å². The minimum absolute atomic E-state index is 0.140. The van der Waals surface area contributed by atoms with Crippen LogP contribution in [0.5, 0.6) is 5.88 Å². The van der Waals surface area contributed by atoms with E-state index in [0.717, 1.165) is 50.1 Å². The van der Waals surface area contributed by atoms with Gasteiger partial charge >= 0.3 is 0 Å². The smallest absolute Gasteiger partial charge is 0.213 e. The molecule has 2 saturated heterocycles. The van der Waals surface area contributed by atoms with E-state index in [4.69, 9.17) is 21.2 Å². The lowest BCUT2D eigenvalue weighted by molar-refractivity contribution is 0.0154. The molecule has 2 N–H and O–H groups in total. The highest BCUT2D eigenvalue weighted by atomic mass is 35.5. The lowest BCUT2D eigenvalue weighted by atomic mass is 9.73. The average Bonchev–Trinajstić information content (AvgIpc) is 2.74. The number of aliphatic hydroxyl groups is 1. The van der Waals surface area contributed by atoms with E-state index in [-0.39, 0.29) is 6.61 Å². The molecule has 0 bridgehead atoms. The van der Waals surface area contributed by atoms with E-state index >= 15 is 0 Å². The first-order valence-electron chi connectivity index (χ1n) is 10.5. The van der Waals surface area contributed by atoms with Crippen LogP contribution in [0.25, 0.3) is 0 Å². The second-order valence-corrected chi connectivity index (χ2v) is 8.42. The number of β-amino-alcohol motifs (C(OH)–C–C–N with tert-alkyl or cyclic N) is 1. The van der Waals surface area contributed by atoms with E-state index in [0.29, 0.717) is 17.6 Å². The number of hydrogen-bond donors (Lipinski definition) is 2. The number of aryl methyl sites for hydroxylation is 1. The maximum absolute atomic E-state index is 10.3. The highest BCUT2D eigenvalue weighted by molar-refractivity contribution is 6.67. The van der Waals surface area contributed by atoms with Crippen LogP contribution in [0.2, 0.25) is 0 Å². The summed E-state index contributed by atoms with van der Waals surface area (Å²) in [5.74, 6) is 0.584. The summed E-state index contributed by atoms with van der Waals surface area (Å²) in [6.45, 7) is 6.56. The average molecular weight is 425 g/mol. The van der Waals surface area contributed by atoms with Gasteiger partial charge in [-0.25, -0.2) is 4.98 Å². The van der Waals surface area contributed by atoms with Crippen LogP contribution in [0, 0.1) is 6.92 Å². The first kappa shape index (κ1) is 22.3. The van der Waals surface area contributed by atoms with Crippen LogP contribution in [0.15, 0.2) is 17.4 Å². The summed E-state index contributed by atoms with van der Waals surface area (Å²) in [5.41, 5.74) is 1.68. The van der Waals surface area contributed by atoms with Crippen molar-refractivity contribution in [3.05, 3.63) is 23.4 Å². The normalized spacial score (nSPS) is 21.6. The molecule has 0 aliphatic carbocycles. The second-order valence-electron chi connectivity index (χ2n) is 8.07. The van der Waals surface area contributed by atoms with E-state index in [1.54, 1.807) is 7.11 Å². The van der Waals surface area contributed by atoms with E-state index in [2.05, 4.69) is 20.4 Å². The Morgan fingerprint density at radius 2 is 2.07 bits per heavy atom. The summed E-state index contributed by atoms with van der Waals surface area (Å²) >= 11 is 6.72. The molecule has 0 aromatic carbocycles. The lowest BCUT2D eigenvalue weighted by Crippen LogP contribution is -2.44. The summed E-state index contributed by atoms with van der Waals surface area (Å²) in [4.78, 5) is 12.2. The molecule has 8 heteroatoms. The van der Waals surface area contributed by atoms with E-state index in [1.807, 2.05) is 19.2 Å². The molecule has 0 spiro atoms. The Balaban J connectivity index is 1.67. The number of aromatic nitrogens is 1. The summed E-state index contributed by atoms with van der Waals surface area (Å²) in [6, 6.07) is 1.92. The Bertz CT molecular complexity index is 689. The number of methoxy groups -OCH3 is 1. The Morgan fingerprint density at radius 3 is 2.72 bits per heavy atom. The van der Waals surface area contributed by atoms with Gasteiger partial charge in [0.1, 0.15) is 12.7 Å². The van der Waals surface area contributed by atoms with Gasteiger partial charge in [-0.2, -0.15) is 0 Å². The summed E-state index contributed by atoms with van der Waals surface area (Å²) in [5, 5.41) is 18.3. The molecule has 0 radical (unpaired) electrons. The number of likely N-dealkylation sites (tertiary alicyclic amines) is 1. The molecule has 3 heterocycles. The molecule has 1 atom stereocenters. The van der Waals surface area contributed by atoms with Crippen LogP contribution >= 0.6 is 11.6 Å². The molecule has 1 aromatic heterocycles. The Labute approximate surface area is 178 Å². The number of ether oxygens (including phenoxy) is 1. The number of halogens is 1. The van der Waals surface area contributed by atoms with Gasteiger partial charge in [0.25, 0.3) is 0 Å². The number of oxime groups is 1. The number of pyridine rings is 1. The van der Waals surface area contributed by atoms with Crippen molar-refractivity contribution in [1.82, 2.24) is 15.2 Å². The first-order chi connectivity index (χ1) is 14.0. The van der Waals surface area contributed by atoms with Crippen molar-refractivity contribution in [3.63, 3.8) is 0 Å². The molecule has 0 amide bonds. The van der Waals surface area contributed by atoms with Crippen molar-refractivity contribution in [2.45, 2.75) is 50.5 Å². The van der Waals surface area contributed by atoms with Gasteiger partial charge in [-0.1, -0.05) is 23.2 Å². The molecular formula is C21H33ClN4O3. The molecule has 29 heavy (non-hydrogen) atoms. The van der Waals surface area contributed by atoms with Gasteiger partial charge in [-0.15, -0.1) is 0 Å². The third-order valence-corrected chi connectivity index (χ3v) is 6.42. The highest BCUT2D eigenvalue weighted by Crippen LogP contribution is 2.38. The van der Waals surface area contributed by atoms with Crippen molar-refractivity contribution in [2.24, 2.45) is 5.16 Å². The van der Waals surface area contributed by atoms with Gasteiger partial charge in [0.2, 0.25) is 5.88 Å². The molecule has 2 aliphatic rings. The molecule has 0 saturated carbocycles. The first-order valence-corrected chi connectivity index (χ1v) is 10.9. The fourth-order valence-corrected chi connectivity index (χ4v) is 4.68.